The van der Waals surface area contributed by atoms with Crippen LogP contribution in [-0.2, 0) is 19.6 Å². The second-order valence-electron chi connectivity index (χ2n) is 5.74. The Labute approximate surface area is 142 Å². The number of rotatable bonds is 6. The SMILES string of the molecule is N#Cc1ncccc1CN(Cc1ccccc1)Cc1ccccc1. The average Bonchev–Trinajstić information content (AvgIpc) is 2.64. The van der Waals surface area contributed by atoms with Gasteiger partial charge in [-0.3, -0.25) is 4.90 Å². The van der Waals surface area contributed by atoms with E-state index in [-0.39, 0.29) is 0 Å². The molecule has 118 valence electrons. The second-order valence-corrected chi connectivity index (χ2v) is 5.74. The summed E-state index contributed by atoms with van der Waals surface area (Å²) in [6, 6.07) is 26.9. The van der Waals surface area contributed by atoms with Gasteiger partial charge in [-0.2, -0.15) is 5.26 Å². The molecule has 0 saturated heterocycles. The van der Waals surface area contributed by atoms with Crippen LogP contribution in [0.15, 0.2) is 79.0 Å². The first-order chi connectivity index (χ1) is 11.8. The summed E-state index contributed by atoms with van der Waals surface area (Å²) in [5, 5.41) is 9.28. The van der Waals surface area contributed by atoms with Crippen molar-refractivity contribution in [1.29, 1.82) is 5.26 Å². The Hall–Kier alpha value is -2.96. The molecular weight excluding hydrogens is 294 g/mol. The number of benzene rings is 2. The molecule has 0 aliphatic heterocycles. The Morgan fingerprint density at radius 3 is 1.88 bits per heavy atom. The first-order valence-corrected chi connectivity index (χ1v) is 7.99. The molecule has 0 unspecified atom stereocenters. The molecule has 0 N–H and O–H groups in total. The van der Waals surface area contributed by atoms with Gasteiger partial charge < -0.3 is 0 Å². The number of hydrogen-bond donors (Lipinski definition) is 0. The highest BCUT2D eigenvalue weighted by Gasteiger charge is 2.11. The fourth-order valence-electron chi connectivity index (χ4n) is 2.76. The summed E-state index contributed by atoms with van der Waals surface area (Å²) >= 11 is 0. The van der Waals surface area contributed by atoms with Crippen molar-refractivity contribution in [3.8, 4) is 6.07 Å². The zero-order valence-corrected chi connectivity index (χ0v) is 13.5. The lowest BCUT2D eigenvalue weighted by Gasteiger charge is -2.23. The molecule has 0 saturated carbocycles. The van der Waals surface area contributed by atoms with Crippen LogP contribution in [0.5, 0.6) is 0 Å². The van der Waals surface area contributed by atoms with Crippen LogP contribution < -0.4 is 0 Å². The predicted octanol–water partition coefficient (Wildman–Crippen LogP) is 4.16. The van der Waals surface area contributed by atoms with Gasteiger partial charge in [-0.25, -0.2) is 4.98 Å². The largest absolute Gasteiger partial charge is 0.290 e. The van der Waals surface area contributed by atoms with Gasteiger partial charge in [-0.15, -0.1) is 0 Å². The topological polar surface area (TPSA) is 39.9 Å². The molecular formula is C21H19N3. The van der Waals surface area contributed by atoms with Crippen LogP contribution in [0.4, 0.5) is 0 Å². The molecule has 24 heavy (non-hydrogen) atoms. The molecule has 0 bridgehead atoms. The molecule has 2 aromatic carbocycles. The summed E-state index contributed by atoms with van der Waals surface area (Å²) in [5.41, 5.74) is 3.99. The van der Waals surface area contributed by atoms with Crippen LogP contribution in [0.25, 0.3) is 0 Å². The molecule has 3 nitrogen and oxygen atoms in total. The van der Waals surface area contributed by atoms with E-state index in [1.807, 2.05) is 24.3 Å². The zero-order valence-electron chi connectivity index (χ0n) is 13.5. The van der Waals surface area contributed by atoms with Crippen LogP contribution in [0.2, 0.25) is 0 Å². The standard InChI is InChI=1S/C21H19N3/c22-14-21-20(12-7-13-23-21)17-24(15-18-8-3-1-4-9-18)16-19-10-5-2-6-11-19/h1-13H,15-17H2. The van der Waals surface area contributed by atoms with Gasteiger partial charge in [0.05, 0.1) is 0 Å². The Kier molecular flexibility index (Phi) is 5.34. The van der Waals surface area contributed by atoms with Crippen LogP contribution in [0.3, 0.4) is 0 Å². The van der Waals surface area contributed by atoms with Crippen molar-refractivity contribution in [2.24, 2.45) is 0 Å². The normalized spacial score (nSPS) is 10.5. The molecule has 0 aliphatic rings. The lowest BCUT2D eigenvalue weighted by Crippen LogP contribution is -2.23. The summed E-state index contributed by atoms with van der Waals surface area (Å²) in [5.74, 6) is 0. The average molecular weight is 313 g/mol. The smallest absolute Gasteiger partial charge is 0.144 e. The molecule has 1 aromatic heterocycles. The van der Waals surface area contributed by atoms with Gasteiger partial charge in [0.1, 0.15) is 11.8 Å². The number of hydrogen-bond acceptors (Lipinski definition) is 3. The van der Waals surface area contributed by atoms with Gasteiger partial charge in [0.25, 0.3) is 0 Å². The van der Waals surface area contributed by atoms with Gasteiger partial charge in [0.2, 0.25) is 0 Å². The van der Waals surface area contributed by atoms with E-state index >= 15 is 0 Å². The van der Waals surface area contributed by atoms with Crippen LogP contribution in [0, 0.1) is 11.3 Å². The molecule has 0 atom stereocenters. The third-order valence-electron chi connectivity index (χ3n) is 3.89. The maximum absolute atomic E-state index is 9.28. The molecule has 0 radical (unpaired) electrons. The lowest BCUT2D eigenvalue weighted by molar-refractivity contribution is 0.247. The summed E-state index contributed by atoms with van der Waals surface area (Å²) in [6.45, 7) is 2.35. The Morgan fingerprint density at radius 2 is 1.33 bits per heavy atom. The van der Waals surface area contributed by atoms with Gasteiger partial charge in [0, 0.05) is 31.4 Å². The van der Waals surface area contributed by atoms with Crippen molar-refractivity contribution >= 4 is 0 Å². The van der Waals surface area contributed by atoms with Crippen molar-refractivity contribution in [2.45, 2.75) is 19.6 Å². The summed E-state index contributed by atoms with van der Waals surface area (Å²) < 4.78 is 0. The van der Waals surface area contributed by atoms with Crippen LogP contribution in [-0.4, -0.2) is 9.88 Å². The molecule has 3 heteroatoms. The first-order valence-electron chi connectivity index (χ1n) is 7.99. The van der Waals surface area contributed by atoms with E-state index in [1.165, 1.54) is 11.1 Å². The highest BCUT2D eigenvalue weighted by atomic mass is 15.1. The van der Waals surface area contributed by atoms with Crippen molar-refractivity contribution in [3.63, 3.8) is 0 Å². The van der Waals surface area contributed by atoms with Gasteiger partial charge in [0.15, 0.2) is 0 Å². The Morgan fingerprint density at radius 1 is 0.750 bits per heavy atom. The summed E-state index contributed by atoms with van der Waals surface area (Å²) in [7, 11) is 0. The maximum Gasteiger partial charge on any atom is 0.144 e. The minimum atomic E-state index is 0.503. The third kappa shape index (κ3) is 4.28. The van der Waals surface area contributed by atoms with Gasteiger partial charge in [-0.1, -0.05) is 66.7 Å². The van der Waals surface area contributed by atoms with E-state index in [0.717, 1.165) is 18.7 Å². The first kappa shape index (κ1) is 15.9. The number of nitriles is 1. The number of aromatic nitrogens is 1. The summed E-state index contributed by atoms with van der Waals surface area (Å²) in [4.78, 5) is 6.51. The van der Waals surface area contributed by atoms with Crippen molar-refractivity contribution in [1.82, 2.24) is 9.88 Å². The van der Waals surface area contributed by atoms with Gasteiger partial charge in [-0.05, 0) is 17.2 Å². The van der Waals surface area contributed by atoms with E-state index in [2.05, 4.69) is 64.5 Å². The molecule has 0 fully saturated rings. The lowest BCUT2D eigenvalue weighted by atomic mass is 10.1. The minimum absolute atomic E-state index is 0.503. The molecule has 3 rings (SSSR count). The zero-order chi connectivity index (χ0) is 16.6. The minimum Gasteiger partial charge on any atom is -0.290 e. The van der Waals surface area contributed by atoms with E-state index in [1.54, 1.807) is 6.20 Å². The summed E-state index contributed by atoms with van der Waals surface area (Å²) in [6.07, 6.45) is 1.67. The monoisotopic (exact) mass is 313 g/mol. The highest BCUT2D eigenvalue weighted by Crippen LogP contribution is 2.15. The van der Waals surface area contributed by atoms with E-state index in [0.29, 0.717) is 12.2 Å². The second kappa shape index (κ2) is 8.05. The molecule has 0 amide bonds. The molecule has 0 aliphatic carbocycles. The van der Waals surface area contributed by atoms with E-state index < -0.39 is 0 Å². The van der Waals surface area contributed by atoms with Crippen LogP contribution in [0.1, 0.15) is 22.4 Å². The van der Waals surface area contributed by atoms with Gasteiger partial charge >= 0.3 is 0 Å². The predicted molar refractivity (Wildman–Crippen MR) is 94.8 cm³/mol. The fourth-order valence-corrected chi connectivity index (χ4v) is 2.76. The van der Waals surface area contributed by atoms with Crippen molar-refractivity contribution in [2.75, 3.05) is 0 Å². The fraction of sp³-hybridized carbons (Fsp3) is 0.143. The van der Waals surface area contributed by atoms with E-state index in [4.69, 9.17) is 0 Å². The quantitative estimate of drug-likeness (QED) is 0.686. The van der Waals surface area contributed by atoms with Crippen molar-refractivity contribution in [3.05, 3.63) is 101 Å². The van der Waals surface area contributed by atoms with E-state index in [9.17, 15) is 5.26 Å². The highest BCUT2D eigenvalue weighted by molar-refractivity contribution is 5.30. The molecule has 1 heterocycles. The Bertz CT molecular complexity index is 766. The molecule has 0 spiro atoms. The number of pyridine rings is 1. The maximum atomic E-state index is 9.28. The van der Waals surface area contributed by atoms with Crippen molar-refractivity contribution < 1.29 is 0 Å². The third-order valence-corrected chi connectivity index (χ3v) is 3.89. The number of nitrogens with zero attached hydrogens (tertiary/aromatic N) is 3. The molecule has 3 aromatic rings. The van der Waals surface area contributed by atoms with Crippen LogP contribution >= 0.6 is 0 Å². The Balaban J connectivity index is 1.82.